The van der Waals surface area contributed by atoms with E-state index in [9.17, 15) is 5.11 Å². The van der Waals surface area contributed by atoms with Crippen molar-refractivity contribution in [3.8, 4) is 11.8 Å². The fraction of sp³-hybridized carbons (Fsp3) is 0.333. The zero-order chi connectivity index (χ0) is 25.4. The van der Waals surface area contributed by atoms with E-state index in [2.05, 4.69) is 11.8 Å². The third-order valence-electron chi connectivity index (χ3n) is 6.25. The molecule has 0 aromatic heterocycles. The van der Waals surface area contributed by atoms with Gasteiger partial charge in [-0.15, -0.1) is 5.92 Å². The molecule has 4 nitrogen and oxygen atoms in total. The van der Waals surface area contributed by atoms with E-state index in [0.29, 0.717) is 0 Å². The molecule has 0 bridgehead atoms. The standard InChI is InChI=1S/C30H30F2O4/c1-2-12-25-26(34-19-22-13-6-3-7-14-22)27(35-20-23-15-8-4-9-16-23)28(29(33)30(25,31)32)36-21-24-17-10-5-11-18-24/h3-11,13-18,25-29,33H,19-21H2,1H3/t25-,26+,27+,28-,29+/m1/s1. The van der Waals surface area contributed by atoms with Crippen molar-refractivity contribution in [2.45, 2.75) is 57.1 Å². The fourth-order valence-electron chi connectivity index (χ4n) is 4.38. The average Bonchev–Trinajstić information content (AvgIpc) is 2.91. The first kappa shape index (κ1) is 26.0. The van der Waals surface area contributed by atoms with Gasteiger partial charge in [0.15, 0.2) is 0 Å². The van der Waals surface area contributed by atoms with Crippen molar-refractivity contribution in [1.82, 2.24) is 0 Å². The molecule has 1 N–H and O–H groups in total. The molecule has 36 heavy (non-hydrogen) atoms. The van der Waals surface area contributed by atoms with Gasteiger partial charge in [0.25, 0.3) is 5.92 Å². The van der Waals surface area contributed by atoms with Crippen molar-refractivity contribution >= 4 is 0 Å². The molecule has 1 saturated carbocycles. The Morgan fingerprint density at radius 2 is 1.06 bits per heavy atom. The van der Waals surface area contributed by atoms with Crippen LogP contribution in [0.15, 0.2) is 91.0 Å². The van der Waals surface area contributed by atoms with Crippen molar-refractivity contribution < 1.29 is 28.1 Å². The van der Waals surface area contributed by atoms with Crippen molar-refractivity contribution in [3.05, 3.63) is 108 Å². The Morgan fingerprint density at radius 3 is 1.47 bits per heavy atom. The lowest BCUT2D eigenvalue weighted by molar-refractivity contribution is -0.286. The summed E-state index contributed by atoms with van der Waals surface area (Å²) >= 11 is 0. The Bertz CT molecular complexity index is 1130. The molecule has 4 rings (SSSR count). The number of aliphatic hydroxyl groups excluding tert-OH is 1. The molecule has 188 valence electrons. The van der Waals surface area contributed by atoms with Crippen LogP contribution in [-0.2, 0) is 34.0 Å². The number of benzene rings is 3. The first-order chi connectivity index (χ1) is 17.5. The number of aliphatic hydroxyl groups is 1. The van der Waals surface area contributed by atoms with Crippen LogP contribution >= 0.6 is 0 Å². The van der Waals surface area contributed by atoms with Gasteiger partial charge in [-0.1, -0.05) is 96.9 Å². The Hall–Kier alpha value is -3.08. The summed E-state index contributed by atoms with van der Waals surface area (Å²) in [6, 6.07) is 27.9. The van der Waals surface area contributed by atoms with E-state index in [4.69, 9.17) is 14.2 Å². The topological polar surface area (TPSA) is 47.9 Å². The SMILES string of the molecule is CC#C[C@@H]1[C@H](OCc2ccccc2)[C@H](OCc2ccccc2)[C@@H](OCc2ccccc2)[C@H](O)C1(F)F. The molecule has 0 aliphatic heterocycles. The molecule has 0 heterocycles. The molecule has 1 aliphatic carbocycles. The highest BCUT2D eigenvalue weighted by Crippen LogP contribution is 2.43. The summed E-state index contributed by atoms with van der Waals surface area (Å²) in [7, 11) is 0. The molecular weight excluding hydrogens is 462 g/mol. The van der Waals surface area contributed by atoms with Crippen LogP contribution in [0.4, 0.5) is 8.78 Å². The highest BCUT2D eigenvalue weighted by Gasteiger charge is 2.62. The van der Waals surface area contributed by atoms with Gasteiger partial charge in [0, 0.05) is 0 Å². The molecule has 5 atom stereocenters. The third kappa shape index (κ3) is 6.18. The molecule has 6 heteroatoms. The summed E-state index contributed by atoms with van der Waals surface area (Å²) < 4.78 is 49.4. The average molecular weight is 493 g/mol. The summed E-state index contributed by atoms with van der Waals surface area (Å²) in [5.41, 5.74) is 2.50. The van der Waals surface area contributed by atoms with Gasteiger partial charge >= 0.3 is 0 Å². The van der Waals surface area contributed by atoms with Crippen molar-refractivity contribution in [2.24, 2.45) is 5.92 Å². The maximum atomic E-state index is 15.6. The number of rotatable bonds is 9. The Kier molecular flexibility index (Phi) is 8.84. The number of hydrogen-bond acceptors (Lipinski definition) is 4. The van der Waals surface area contributed by atoms with E-state index >= 15 is 8.78 Å². The van der Waals surface area contributed by atoms with E-state index in [-0.39, 0.29) is 19.8 Å². The summed E-state index contributed by atoms with van der Waals surface area (Å²) in [5.74, 6) is 0.0429. The van der Waals surface area contributed by atoms with Gasteiger partial charge in [-0.05, 0) is 23.6 Å². The molecular formula is C30H30F2O4. The largest absolute Gasteiger partial charge is 0.384 e. The molecule has 1 aliphatic rings. The minimum Gasteiger partial charge on any atom is -0.384 e. The predicted octanol–water partition coefficient (Wildman–Crippen LogP) is 5.39. The summed E-state index contributed by atoms with van der Waals surface area (Å²) in [4.78, 5) is 0. The van der Waals surface area contributed by atoms with Crippen LogP contribution in [-0.4, -0.2) is 35.4 Å². The van der Waals surface area contributed by atoms with Crippen LogP contribution in [0, 0.1) is 17.8 Å². The van der Waals surface area contributed by atoms with E-state index in [0.717, 1.165) is 16.7 Å². The van der Waals surface area contributed by atoms with Crippen LogP contribution in [0.3, 0.4) is 0 Å². The van der Waals surface area contributed by atoms with Crippen LogP contribution < -0.4 is 0 Å². The van der Waals surface area contributed by atoms with Gasteiger partial charge in [-0.2, -0.15) is 0 Å². The molecule has 0 amide bonds. The second-order valence-electron chi connectivity index (χ2n) is 8.78. The second kappa shape index (κ2) is 12.2. The van der Waals surface area contributed by atoms with Crippen molar-refractivity contribution in [1.29, 1.82) is 0 Å². The van der Waals surface area contributed by atoms with Crippen LogP contribution in [0.2, 0.25) is 0 Å². The van der Waals surface area contributed by atoms with Gasteiger partial charge in [0.05, 0.1) is 19.8 Å². The van der Waals surface area contributed by atoms with Gasteiger partial charge in [-0.25, -0.2) is 8.78 Å². The number of ether oxygens (including phenoxy) is 3. The summed E-state index contributed by atoms with van der Waals surface area (Å²) in [5, 5.41) is 10.9. The zero-order valence-electron chi connectivity index (χ0n) is 20.1. The van der Waals surface area contributed by atoms with E-state index < -0.39 is 36.3 Å². The Balaban J connectivity index is 1.65. The predicted molar refractivity (Wildman–Crippen MR) is 133 cm³/mol. The lowest BCUT2D eigenvalue weighted by Gasteiger charge is -2.47. The third-order valence-corrected chi connectivity index (χ3v) is 6.25. The van der Waals surface area contributed by atoms with Crippen molar-refractivity contribution in [2.75, 3.05) is 0 Å². The van der Waals surface area contributed by atoms with E-state index in [1.54, 1.807) is 0 Å². The lowest BCUT2D eigenvalue weighted by Crippen LogP contribution is -2.66. The first-order valence-electron chi connectivity index (χ1n) is 12.0. The normalized spacial score (nSPS) is 25.1. The number of alkyl halides is 2. The molecule has 1 fully saturated rings. The van der Waals surface area contributed by atoms with Gasteiger partial charge in [0.1, 0.15) is 30.3 Å². The van der Waals surface area contributed by atoms with E-state index in [1.807, 2.05) is 91.0 Å². The smallest absolute Gasteiger partial charge is 0.292 e. The Labute approximate surface area is 210 Å². The Morgan fingerprint density at radius 1 is 0.667 bits per heavy atom. The highest BCUT2D eigenvalue weighted by atomic mass is 19.3. The van der Waals surface area contributed by atoms with E-state index in [1.165, 1.54) is 6.92 Å². The second-order valence-corrected chi connectivity index (χ2v) is 8.78. The highest BCUT2D eigenvalue weighted by molar-refractivity contribution is 5.20. The van der Waals surface area contributed by atoms with Gasteiger partial charge in [0.2, 0.25) is 0 Å². The first-order valence-corrected chi connectivity index (χ1v) is 12.0. The zero-order valence-corrected chi connectivity index (χ0v) is 20.1. The summed E-state index contributed by atoms with van der Waals surface area (Å²) in [6.45, 7) is 1.77. The van der Waals surface area contributed by atoms with Gasteiger partial charge < -0.3 is 19.3 Å². The molecule has 0 spiro atoms. The lowest BCUT2D eigenvalue weighted by atomic mass is 9.77. The quantitative estimate of drug-likeness (QED) is 0.407. The summed E-state index contributed by atoms with van der Waals surface area (Å²) in [6.07, 6.45) is -5.58. The number of hydrogen-bond donors (Lipinski definition) is 1. The van der Waals surface area contributed by atoms with Gasteiger partial charge in [-0.3, -0.25) is 0 Å². The van der Waals surface area contributed by atoms with Crippen LogP contribution in [0.1, 0.15) is 23.6 Å². The minimum atomic E-state index is -3.57. The molecule has 0 radical (unpaired) electrons. The monoisotopic (exact) mass is 492 g/mol. The maximum Gasteiger partial charge on any atom is 0.292 e. The van der Waals surface area contributed by atoms with Crippen LogP contribution in [0.25, 0.3) is 0 Å². The molecule has 3 aromatic rings. The molecule has 0 unspecified atom stereocenters. The molecule has 0 saturated heterocycles. The number of halogens is 2. The van der Waals surface area contributed by atoms with Crippen LogP contribution in [0.5, 0.6) is 0 Å². The minimum absolute atomic E-state index is 0.0410. The maximum absolute atomic E-state index is 15.6. The fourth-order valence-corrected chi connectivity index (χ4v) is 4.38. The van der Waals surface area contributed by atoms with Crippen molar-refractivity contribution in [3.63, 3.8) is 0 Å². The molecule has 3 aromatic carbocycles.